The Morgan fingerprint density at radius 2 is 2.31 bits per heavy atom. The Kier molecular flexibility index (Phi) is 2.05. The lowest BCUT2D eigenvalue weighted by Gasteiger charge is -2.02. The highest BCUT2D eigenvalue weighted by molar-refractivity contribution is 5.69. The molecule has 0 unspecified atom stereocenters. The van der Waals surface area contributed by atoms with Crippen LogP contribution in [0.3, 0.4) is 0 Å². The van der Waals surface area contributed by atoms with E-state index >= 15 is 0 Å². The van der Waals surface area contributed by atoms with Gasteiger partial charge in [-0.25, -0.2) is 4.98 Å². The van der Waals surface area contributed by atoms with Gasteiger partial charge in [0.1, 0.15) is 5.12 Å². The number of hydrogen-bond donors (Lipinski definition) is 2. The lowest BCUT2D eigenvalue weighted by Crippen LogP contribution is -2.27. The van der Waals surface area contributed by atoms with Gasteiger partial charge < -0.3 is 15.1 Å². The number of hydrogen-bond acceptors (Lipinski definition) is 7. The Balaban J connectivity index is 2.65. The summed E-state index contributed by atoms with van der Waals surface area (Å²) in [5, 5.41) is 11.1. The van der Waals surface area contributed by atoms with E-state index in [9.17, 15) is 19.8 Å². The summed E-state index contributed by atoms with van der Waals surface area (Å²) in [4.78, 5) is 43.6. The maximum Gasteiger partial charge on any atom is 0.318 e. The molecule has 82 valence electrons. The number of H-pyrrole nitrogens is 2. The number of nitro groups is 1. The maximum atomic E-state index is 11.3. The SMILES string of the molecule is O=NN(c1nc2nc[nH]c2c(=O)[nH]1)[N+](=O)[O-]. The highest BCUT2D eigenvalue weighted by Crippen LogP contribution is 2.08. The Morgan fingerprint density at radius 3 is 2.94 bits per heavy atom. The van der Waals surface area contributed by atoms with Gasteiger partial charge >= 0.3 is 11.2 Å². The number of nitroso groups, excluding NO2 is 1. The van der Waals surface area contributed by atoms with E-state index in [0.29, 0.717) is 0 Å². The van der Waals surface area contributed by atoms with E-state index in [4.69, 9.17) is 0 Å². The minimum Gasteiger partial charge on any atom is -0.339 e. The summed E-state index contributed by atoms with van der Waals surface area (Å²) >= 11 is 0. The average Bonchev–Trinajstić information content (AvgIpc) is 2.66. The monoisotopic (exact) mass is 225 g/mol. The molecule has 0 amide bonds. The third kappa shape index (κ3) is 1.35. The fourth-order valence-corrected chi connectivity index (χ4v) is 1.07. The first-order valence-corrected chi connectivity index (χ1v) is 3.84. The summed E-state index contributed by atoms with van der Waals surface area (Å²) in [6, 6.07) is 0. The van der Waals surface area contributed by atoms with Crippen LogP contribution in [0.15, 0.2) is 16.4 Å². The first-order valence-electron chi connectivity index (χ1n) is 3.84. The average molecular weight is 225 g/mol. The molecular formula is C5H3N7O4. The summed E-state index contributed by atoms with van der Waals surface area (Å²) in [5.74, 6) is -0.607. The number of nitrogens with one attached hydrogen (secondary N) is 2. The van der Waals surface area contributed by atoms with E-state index in [1.165, 1.54) is 6.33 Å². The molecule has 0 saturated carbocycles. The molecule has 11 heteroatoms. The molecule has 11 nitrogen and oxygen atoms in total. The van der Waals surface area contributed by atoms with E-state index in [0.717, 1.165) is 0 Å². The second kappa shape index (κ2) is 3.38. The summed E-state index contributed by atoms with van der Waals surface area (Å²) in [6.45, 7) is 0. The van der Waals surface area contributed by atoms with Gasteiger partial charge in [-0.05, 0) is 0 Å². The molecular weight excluding hydrogens is 222 g/mol. The quantitative estimate of drug-likeness (QED) is 0.399. The van der Waals surface area contributed by atoms with Gasteiger partial charge in [-0.1, -0.05) is 0 Å². The van der Waals surface area contributed by atoms with E-state index in [1.54, 1.807) is 0 Å². The molecule has 0 spiro atoms. The van der Waals surface area contributed by atoms with Crippen LogP contribution in [0.5, 0.6) is 0 Å². The summed E-state index contributed by atoms with van der Waals surface area (Å²) < 4.78 is 0. The van der Waals surface area contributed by atoms with Crippen molar-refractivity contribution in [2.75, 3.05) is 5.12 Å². The fourth-order valence-electron chi connectivity index (χ4n) is 1.07. The number of aromatic nitrogens is 4. The minimum absolute atomic E-state index is 0.0470. The van der Waals surface area contributed by atoms with Crippen LogP contribution in [-0.2, 0) is 0 Å². The van der Waals surface area contributed by atoms with Gasteiger partial charge in [-0.3, -0.25) is 9.78 Å². The van der Waals surface area contributed by atoms with Gasteiger partial charge in [-0.2, -0.15) is 4.98 Å². The summed E-state index contributed by atoms with van der Waals surface area (Å²) in [5.41, 5.74) is -0.680. The van der Waals surface area contributed by atoms with E-state index in [1.807, 2.05) is 4.98 Å². The zero-order valence-electron chi connectivity index (χ0n) is 7.45. The van der Waals surface area contributed by atoms with Crippen LogP contribution in [0.2, 0.25) is 0 Å². The highest BCUT2D eigenvalue weighted by Gasteiger charge is 2.23. The summed E-state index contributed by atoms with van der Waals surface area (Å²) in [7, 11) is 0. The molecule has 2 rings (SSSR count). The van der Waals surface area contributed by atoms with Crippen molar-refractivity contribution in [1.82, 2.24) is 19.9 Å². The molecule has 0 saturated heterocycles. The summed E-state index contributed by atoms with van der Waals surface area (Å²) in [6.07, 6.45) is 1.20. The molecule has 2 aromatic rings. The van der Waals surface area contributed by atoms with E-state index < -0.39 is 16.5 Å². The van der Waals surface area contributed by atoms with Crippen molar-refractivity contribution < 1.29 is 5.03 Å². The van der Waals surface area contributed by atoms with Crippen LogP contribution >= 0.6 is 0 Å². The highest BCUT2D eigenvalue weighted by atomic mass is 16.7. The number of anilines is 1. The van der Waals surface area contributed by atoms with Crippen molar-refractivity contribution in [2.24, 2.45) is 5.29 Å². The molecule has 0 bridgehead atoms. The molecule has 0 fully saturated rings. The number of fused-ring (bicyclic) bond motifs is 1. The Labute approximate surface area is 85.2 Å². The molecule has 0 radical (unpaired) electrons. The van der Waals surface area contributed by atoms with Crippen LogP contribution in [0.25, 0.3) is 11.2 Å². The first-order chi connectivity index (χ1) is 7.63. The zero-order chi connectivity index (χ0) is 11.7. The van der Waals surface area contributed by atoms with Crippen molar-refractivity contribution in [3.05, 3.63) is 31.7 Å². The zero-order valence-corrected chi connectivity index (χ0v) is 7.45. The van der Waals surface area contributed by atoms with Crippen LogP contribution in [0.4, 0.5) is 5.95 Å². The van der Waals surface area contributed by atoms with Crippen LogP contribution in [-0.4, -0.2) is 25.0 Å². The third-order valence-corrected chi connectivity index (χ3v) is 1.70. The molecule has 0 aliphatic carbocycles. The predicted octanol–water partition coefficient (Wildman–Crippen LogP) is -0.674. The topological polar surface area (TPSA) is 150 Å². The third-order valence-electron chi connectivity index (χ3n) is 1.70. The lowest BCUT2D eigenvalue weighted by molar-refractivity contribution is -0.496. The van der Waals surface area contributed by atoms with Crippen molar-refractivity contribution in [3.8, 4) is 0 Å². The number of hydrazine groups is 1. The number of aromatic amines is 2. The normalized spacial score (nSPS) is 10.2. The Morgan fingerprint density at radius 1 is 1.56 bits per heavy atom. The van der Waals surface area contributed by atoms with Crippen molar-refractivity contribution in [2.45, 2.75) is 0 Å². The van der Waals surface area contributed by atoms with Gasteiger partial charge in [0.25, 0.3) is 5.56 Å². The van der Waals surface area contributed by atoms with Gasteiger partial charge in [0.15, 0.2) is 11.2 Å². The van der Waals surface area contributed by atoms with E-state index in [2.05, 4.69) is 20.2 Å². The molecule has 0 aliphatic rings. The molecule has 0 atom stereocenters. The van der Waals surface area contributed by atoms with Crippen molar-refractivity contribution in [3.63, 3.8) is 0 Å². The maximum absolute atomic E-state index is 11.3. The van der Waals surface area contributed by atoms with Gasteiger partial charge in [0.05, 0.1) is 11.4 Å². The van der Waals surface area contributed by atoms with Crippen molar-refractivity contribution in [1.29, 1.82) is 0 Å². The number of rotatable bonds is 3. The number of nitrogens with zero attached hydrogens (tertiary/aromatic N) is 5. The second-order valence-corrected chi connectivity index (χ2v) is 2.60. The fraction of sp³-hybridized carbons (Fsp3) is 0. The number of imidazole rings is 1. The van der Waals surface area contributed by atoms with Gasteiger partial charge in [0, 0.05) is 4.91 Å². The Bertz CT molecular complexity index is 615. The smallest absolute Gasteiger partial charge is 0.318 e. The molecule has 2 N–H and O–H groups in total. The van der Waals surface area contributed by atoms with Crippen LogP contribution in [0, 0.1) is 15.0 Å². The molecule has 2 heterocycles. The lowest BCUT2D eigenvalue weighted by atomic mass is 10.5. The van der Waals surface area contributed by atoms with Gasteiger partial charge in [0.2, 0.25) is 0 Å². The van der Waals surface area contributed by atoms with E-state index in [-0.39, 0.29) is 16.3 Å². The molecule has 16 heavy (non-hydrogen) atoms. The standard InChI is InChI=1S/C5H3N7O4/c13-4-2-3(7-1-6-2)8-5(9-4)11(10-14)12(15)16/h1H,(H2,6,7,8,9,13). The molecule has 0 aliphatic heterocycles. The van der Waals surface area contributed by atoms with Crippen LogP contribution in [0.1, 0.15) is 0 Å². The molecule has 0 aromatic carbocycles. The van der Waals surface area contributed by atoms with Gasteiger partial charge in [-0.15, -0.1) is 0 Å². The Hall–Kier alpha value is -2.85. The minimum atomic E-state index is -1.12. The second-order valence-electron chi connectivity index (χ2n) is 2.60. The predicted molar refractivity (Wildman–Crippen MR) is 49.8 cm³/mol. The van der Waals surface area contributed by atoms with Crippen LogP contribution < -0.4 is 10.7 Å². The first kappa shape index (κ1) is 9.70. The largest absolute Gasteiger partial charge is 0.339 e. The molecule has 2 aromatic heterocycles. The van der Waals surface area contributed by atoms with Crippen molar-refractivity contribution >= 4 is 17.1 Å².